The first-order valence-corrected chi connectivity index (χ1v) is 7.47. The zero-order valence-electron chi connectivity index (χ0n) is 13.6. The highest BCUT2D eigenvalue weighted by molar-refractivity contribution is 5.83. The second-order valence-electron chi connectivity index (χ2n) is 5.29. The summed E-state index contributed by atoms with van der Waals surface area (Å²) in [6.07, 6.45) is 3.01. The fraction of sp³-hybridized carbons (Fsp3) is 0.562. The zero-order valence-corrected chi connectivity index (χ0v) is 13.6. The first-order chi connectivity index (χ1) is 10.1. The molecule has 1 aromatic carbocycles. The van der Waals surface area contributed by atoms with Crippen LogP contribution in [-0.4, -0.2) is 23.8 Å². The molecule has 5 nitrogen and oxygen atoms in total. The molecular formula is C16H25N3O2. The lowest BCUT2D eigenvalue weighted by Gasteiger charge is -2.33. The van der Waals surface area contributed by atoms with Crippen LogP contribution < -0.4 is 15.2 Å². The van der Waals surface area contributed by atoms with Crippen LogP contribution in [0.5, 0.6) is 11.5 Å². The number of fused-ring (bicyclic) bond motifs is 1. The van der Waals surface area contributed by atoms with E-state index in [9.17, 15) is 0 Å². The molecule has 0 aliphatic carbocycles. The van der Waals surface area contributed by atoms with Crippen molar-refractivity contribution in [3.63, 3.8) is 0 Å². The van der Waals surface area contributed by atoms with E-state index in [1.807, 2.05) is 12.1 Å². The van der Waals surface area contributed by atoms with Gasteiger partial charge in [-0.25, -0.2) is 4.98 Å². The minimum absolute atomic E-state index is 0.0154. The number of ether oxygens (including phenoxy) is 2. The summed E-state index contributed by atoms with van der Waals surface area (Å²) in [5, 5.41) is 0. The second kappa shape index (κ2) is 5.84. The number of rotatable bonds is 6. The van der Waals surface area contributed by atoms with Crippen molar-refractivity contribution in [3.05, 3.63) is 12.1 Å². The molecule has 2 rings (SSSR count). The number of nitrogens with zero attached hydrogens (tertiary/aromatic N) is 2. The van der Waals surface area contributed by atoms with E-state index in [1.54, 1.807) is 14.2 Å². The molecule has 0 spiro atoms. The molecule has 0 bridgehead atoms. The van der Waals surface area contributed by atoms with E-state index in [0.717, 1.165) is 30.3 Å². The van der Waals surface area contributed by atoms with Crippen molar-refractivity contribution in [1.29, 1.82) is 0 Å². The Balaban J connectivity index is 2.77. The predicted octanol–water partition coefficient (Wildman–Crippen LogP) is 3.56. The monoisotopic (exact) mass is 291 g/mol. The number of hydrogen-bond acceptors (Lipinski definition) is 4. The van der Waals surface area contributed by atoms with Crippen LogP contribution in [0.1, 0.15) is 40.0 Å². The van der Waals surface area contributed by atoms with E-state index < -0.39 is 0 Å². The molecule has 0 saturated heterocycles. The Labute approximate surface area is 126 Å². The summed E-state index contributed by atoms with van der Waals surface area (Å²) in [7, 11) is 3.26. The number of benzene rings is 1. The van der Waals surface area contributed by atoms with E-state index in [0.29, 0.717) is 17.4 Å². The molecular weight excluding hydrogens is 266 g/mol. The maximum Gasteiger partial charge on any atom is 0.201 e. The first kappa shape index (κ1) is 15.5. The molecule has 0 fully saturated rings. The van der Waals surface area contributed by atoms with Gasteiger partial charge in [-0.15, -0.1) is 0 Å². The Bertz CT molecular complexity index is 622. The maximum absolute atomic E-state index is 6.22. The average Bonchev–Trinajstić information content (AvgIpc) is 2.84. The lowest BCUT2D eigenvalue weighted by molar-refractivity contribution is 0.262. The van der Waals surface area contributed by atoms with Crippen LogP contribution >= 0.6 is 0 Å². The van der Waals surface area contributed by atoms with Crippen molar-refractivity contribution in [2.45, 2.75) is 45.6 Å². The molecule has 1 aromatic heterocycles. The van der Waals surface area contributed by atoms with Crippen LogP contribution in [0.2, 0.25) is 0 Å². The standard InChI is InChI=1S/C16H25N3O2/c1-6-16(7-2,8-3)19-12-10-14(21-5)13(20-4)9-11(12)18-15(19)17/h9-10H,6-8H2,1-5H3,(H2,17,18). The van der Waals surface area contributed by atoms with Gasteiger partial charge in [0.1, 0.15) is 0 Å². The van der Waals surface area contributed by atoms with E-state index >= 15 is 0 Å². The fourth-order valence-corrected chi connectivity index (χ4v) is 3.15. The van der Waals surface area contributed by atoms with Gasteiger partial charge in [-0.2, -0.15) is 0 Å². The zero-order chi connectivity index (χ0) is 15.6. The van der Waals surface area contributed by atoms with Gasteiger partial charge >= 0.3 is 0 Å². The molecule has 2 aromatic rings. The maximum atomic E-state index is 6.22. The van der Waals surface area contributed by atoms with E-state index in [-0.39, 0.29) is 5.54 Å². The molecule has 0 saturated carbocycles. The Morgan fingerprint density at radius 1 is 1.05 bits per heavy atom. The highest BCUT2D eigenvalue weighted by atomic mass is 16.5. The molecule has 5 heteroatoms. The Hall–Kier alpha value is -1.91. The van der Waals surface area contributed by atoms with Crippen molar-refractivity contribution in [3.8, 4) is 11.5 Å². The number of imidazole rings is 1. The van der Waals surface area contributed by atoms with Crippen LogP contribution in [0.4, 0.5) is 5.95 Å². The SMILES string of the molecule is CCC(CC)(CC)n1c(N)nc2cc(OC)c(OC)cc21. The minimum atomic E-state index is -0.0154. The third-order valence-corrected chi connectivity index (χ3v) is 4.63. The van der Waals surface area contributed by atoms with E-state index in [2.05, 4.69) is 30.3 Å². The predicted molar refractivity (Wildman–Crippen MR) is 86.1 cm³/mol. The average molecular weight is 291 g/mol. The summed E-state index contributed by atoms with van der Waals surface area (Å²) in [5.41, 5.74) is 8.04. The van der Waals surface area contributed by atoms with Gasteiger partial charge in [-0.05, 0) is 19.3 Å². The molecule has 0 amide bonds. The number of methoxy groups -OCH3 is 2. The molecule has 0 radical (unpaired) electrons. The molecule has 1 heterocycles. The molecule has 116 valence electrons. The summed E-state index contributed by atoms with van der Waals surface area (Å²) in [6, 6.07) is 3.85. The van der Waals surface area contributed by atoms with Crippen LogP contribution in [0.15, 0.2) is 12.1 Å². The molecule has 0 atom stereocenters. The van der Waals surface area contributed by atoms with Crippen molar-refractivity contribution in [1.82, 2.24) is 9.55 Å². The molecule has 21 heavy (non-hydrogen) atoms. The van der Waals surface area contributed by atoms with Crippen LogP contribution in [0, 0.1) is 0 Å². The van der Waals surface area contributed by atoms with Crippen molar-refractivity contribution < 1.29 is 9.47 Å². The Morgan fingerprint density at radius 2 is 1.57 bits per heavy atom. The molecule has 0 aliphatic heterocycles. The number of hydrogen-bond donors (Lipinski definition) is 1. The lowest BCUT2D eigenvalue weighted by atomic mass is 9.89. The third-order valence-electron chi connectivity index (χ3n) is 4.63. The van der Waals surface area contributed by atoms with Crippen molar-refractivity contribution in [2.75, 3.05) is 20.0 Å². The summed E-state index contributed by atoms with van der Waals surface area (Å²) >= 11 is 0. The largest absolute Gasteiger partial charge is 0.493 e. The summed E-state index contributed by atoms with van der Waals surface area (Å²) in [6.45, 7) is 6.58. The van der Waals surface area contributed by atoms with Crippen LogP contribution in [0.3, 0.4) is 0 Å². The number of anilines is 1. The van der Waals surface area contributed by atoms with Gasteiger partial charge in [0.2, 0.25) is 5.95 Å². The summed E-state index contributed by atoms with van der Waals surface area (Å²) in [4.78, 5) is 4.51. The number of nitrogen functional groups attached to an aromatic ring is 1. The van der Waals surface area contributed by atoms with E-state index in [1.165, 1.54) is 0 Å². The van der Waals surface area contributed by atoms with Crippen LogP contribution in [0.25, 0.3) is 11.0 Å². The quantitative estimate of drug-likeness (QED) is 0.884. The van der Waals surface area contributed by atoms with Crippen LogP contribution in [-0.2, 0) is 5.54 Å². The van der Waals surface area contributed by atoms with Gasteiger partial charge in [-0.1, -0.05) is 20.8 Å². The number of aromatic nitrogens is 2. The number of nitrogens with two attached hydrogens (primary N) is 1. The Morgan fingerprint density at radius 3 is 2.05 bits per heavy atom. The van der Waals surface area contributed by atoms with Crippen molar-refractivity contribution in [2.24, 2.45) is 0 Å². The second-order valence-corrected chi connectivity index (χ2v) is 5.29. The minimum Gasteiger partial charge on any atom is -0.493 e. The Kier molecular flexibility index (Phi) is 4.30. The van der Waals surface area contributed by atoms with Gasteiger partial charge in [0, 0.05) is 17.7 Å². The summed E-state index contributed by atoms with van der Waals surface area (Å²) in [5.74, 6) is 1.92. The first-order valence-electron chi connectivity index (χ1n) is 7.47. The van der Waals surface area contributed by atoms with E-state index in [4.69, 9.17) is 15.2 Å². The molecule has 0 aliphatic rings. The van der Waals surface area contributed by atoms with Gasteiger partial charge in [0.05, 0.1) is 25.3 Å². The smallest absolute Gasteiger partial charge is 0.201 e. The summed E-state index contributed by atoms with van der Waals surface area (Å²) < 4.78 is 12.9. The van der Waals surface area contributed by atoms with Gasteiger partial charge in [0.15, 0.2) is 11.5 Å². The highest BCUT2D eigenvalue weighted by Gasteiger charge is 2.30. The van der Waals surface area contributed by atoms with Gasteiger partial charge < -0.3 is 19.8 Å². The third kappa shape index (κ3) is 2.30. The lowest BCUT2D eigenvalue weighted by Crippen LogP contribution is -2.32. The molecule has 0 unspecified atom stereocenters. The van der Waals surface area contributed by atoms with Gasteiger partial charge in [-0.3, -0.25) is 0 Å². The highest BCUT2D eigenvalue weighted by Crippen LogP contribution is 2.39. The van der Waals surface area contributed by atoms with Gasteiger partial charge in [0.25, 0.3) is 0 Å². The fourth-order valence-electron chi connectivity index (χ4n) is 3.15. The molecule has 2 N–H and O–H groups in total. The van der Waals surface area contributed by atoms with Crippen molar-refractivity contribution >= 4 is 17.0 Å². The normalized spacial score (nSPS) is 11.9. The topological polar surface area (TPSA) is 62.3 Å².